The largest absolute Gasteiger partial charge is 0.0602 e. The van der Waals surface area contributed by atoms with E-state index in [2.05, 4.69) is 268 Å². The second-order valence-electron chi connectivity index (χ2n) is 28.5. The zero-order valence-corrected chi connectivity index (χ0v) is 45.5. The zero-order valence-electron chi connectivity index (χ0n) is 45.5. The van der Waals surface area contributed by atoms with Crippen LogP contribution in [0.4, 0.5) is 0 Å². The Morgan fingerprint density at radius 1 is 0.203 bits per heavy atom. The van der Waals surface area contributed by atoms with Crippen molar-refractivity contribution in [2.24, 2.45) is 10.8 Å². The molecule has 0 saturated heterocycles. The third-order valence-corrected chi connectivity index (χ3v) is 10.7. The van der Waals surface area contributed by atoms with Crippen molar-refractivity contribution in [2.45, 2.75) is 257 Å². The molecule has 0 bridgehead atoms. The van der Waals surface area contributed by atoms with E-state index in [0.717, 1.165) is 0 Å². The maximum atomic E-state index is 2.38. The maximum Gasteiger partial charge on any atom is -0.0132 e. The summed E-state index contributed by atoms with van der Waals surface area (Å²) in [7, 11) is 0. The van der Waals surface area contributed by atoms with E-state index in [0.29, 0.717) is 10.8 Å². The molecule has 0 heterocycles. The molecule has 0 aliphatic heterocycles. The van der Waals surface area contributed by atoms with E-state index in [1.165, 1.54) is 50.9 Å². The molecule has 3 aromatic rings. The molecule has 59 heavy (non-hydrogen) atoms. The molecule has 0 spiro atoms. The van der Waals surface area contributed by atoms with E-state index in [1.807, 2.05) is 0 Å². The second kappa shape index (κ2) is 19.4. The van der Waals surface area contributed by atoms with Crippen LogP contribution in [0.2, 0.25) is 0 Å². The van der Waals surface area contributed by atoms with Gasteiger partial charge in [-0.05, 0) is 105 Å². The van der Waals surface area contributed by atoms with Crippen molar-refractivity contribution in [1.29, 1.82) is 0 Å². The lowest BCUT2D eigenvalue weighted by molar-refractivity contribution is 0.233. The quantitative estimate of drug-likeness (QED) is 0.212. The van der Waals surface area contributed by atoms with Crippen molar-refractivity contribution in [3.63, 3.8) is 0 Å². The zero-order chi connectivity index (χ0) is 47.4. The topological polar surface area (TPSA) is 0 Å². The molecule has 0 aliphatic carbocycles. The summed E-state index contributed by atoms with van der Waals surface area (Å²) < 4.78 is 0. The first-order valence-corrected chi connectivity index (χ1v) is 23.0. The predicted octanol–water partition coefficient (Wildman–Crippen LogP) is 18.9. The Labute approximate surface area is 372 Å². The summed E-state index contributed by atoms with van der Waals surface area (Å²) in [6, 6.07) is 23.3. The van der Waals surface area contributed by atoms with Crippen molar-refractivity contribution in [1.82, 2.24) is 0 Å². The van der Waals surface area contributed by atoms with Crippen LogP contribution in [-0.2, 0) is 43.3 Å². The van der Waals surface area contributed by atoms with Gasteiger partial charge in [0.2, 0.25) is 0 Å². The number of hydrogen-bond donors (Lipinski definition) is 0. The van der Waals surface area contributed by atoms with Crippen LogP contribution in [-0.4, -0.2) is 0 Å². The van der Waals surface area contributed by atoms with Crippen molar-refractivity contribution in [3.8, 4) is 0 Å². The average molecular weight is 811 g/mol. The smallest absolute Gasteiger partial charge is 0.0132 e. The van der Waals surface area contributed by atoms with Gasteiger partial charge in [0.15, 0.2) is 0 Å². The Morgan fingerprint density at radius 2 is 0.322 bits per heavy atom. The highest BCUT2D eigenvalue weighted by atomic mass is 14.3. The third-order valence-electron chi connectivity index (χ3n) is 10.7. The van der Waals surface area contributed by atoms with Crippen molar-refractivity contribution < 1.29 is 0 Å². The van der Waals surface area contributed by atoms with Crippen LogP contribution >= 0.6 is 0 Å². The molecule has 338 valence electrons. The fraction of sp³-hybridized carbons (Fsp3) is 0.695. The fourth-order valence-corrected chi connectivity index (χ4v) is 6.91. The van der Waals surface area contributed by atoms with Gasteiger partial charge in [-0.1, -0.05) is 268 Å². The average Bonchev–Trinajstić information content (AvgIpc) is 2.96. The fourth-order valence-electron chi connectivity index (χ4n) is 6.91. The van der Waals surface area contributed by atoms with Gasteiger partial charge in [0.25, 0.3) is 0 Å². The van der Waals surface area contributed by atoms with E-state index in [4.69, 9.17) is 0 Å². The van der Waals surface area contributed by atoms with Crippen molar-refractivity contribution in [3.05, 3.63) is 105 Å². The molecule has 0 unspecified atom stereocenters. The molecular weight excluding hydrogens is 709 g/mol. The van der Waals surface area contributed by atoms with Crippen LogP contribution in [0.3, 0.4) is 0 Å². The first kappa shape index (κ1) is 56.7. The summed E-state index contributed by atoms with van der Waals surface area (Å²) >= 11 is 0. The summed E-state index contributed by atoms with van der Waals surface area (Å²) in [5.74, 6) is 0. The molecule has 0 amide bonds. The minimum atomic E-state index is 0.210. The monoisotopic (exact) mass is 811 g/mol. The number of hydrogen-bond acceptors (Lipinski definition) is 0. The lowest BCUT2D eigenvalue weighted by Crippen LogP contribution is -2.20. The highest BCUT2D eigenvalue weighted by Gasteiger charge is 2.26. The minimum Gasteiger partial charge on any atom is -0.0602 e. The molecule has 3 aromatic carbocycles. The van der Waals surface area contributed by atoms with Gasteiger partial charge in [0.05, 0.1) is 0 Å². The summed E-state index contributed by atoms with van der Waals surface area (Å²) in [6.45, 7) is 68.5. The molecule has 0 heteroatoms. The van der Waals surface area contributed by atoms with E-state index in [9.17, 15) is 0 Å². The molecule has 3 rings (SSSR count). The first-order valence-electron chi connectivity index (χ1n) is 23.0. The lowest BCUT2D eigenvalue weighted by atomic mass is 9.75. The molecule has 0 fully saturated rings. The summed E-state index contributed by atoms with van der Waals surface area (Å²) in [5, 5.41) is 0. The van der Waals surface area contributed by atoms with Gasteiger partial charge in [-0.2, -0.15) is 0 Å². The Balaban J connectivity index is 0.000000783. The normalized spacial score (nSPS) is 13.7. The van der Waals surface area contributed by atoms with E-state index in [-0.39, 0.29) is 43.3 Å². The van der Waals surface area contributed by atoms with E-state index < -0.39 is 0 Å². The van der Waals surface area contributed by atoms with Gasteiger partial charge in [0, 0.05) is 0 Å². The predicted molar refractivity (Wildman–Crippen MR) is 272 cm³/mol. The minimum absolute atomic E-state index is 0.210. The molecule has 0 aliphatic rings. The summed E-state index contributed by atoms with van der Waals surface area (Å²) in [5.41, 5.74) is 14.2. The number of rotatable bonds is 0. The van der Waals surface area contributed by atoms with Crippen LogP contribution in [0.15, 0.2) is 60.7 Å². The standard InChI is InChI=1S/2C18H30.C14H22.C9H20/c2*1-16(2,3)13-10-14(17(4,5)6)12-15(11-13)18(7,8)9;1-13(2,3)11-7-9-12(10-8-11)14(4,5)6;1-8(2,3)7-9(4,5)6/h2*10-12H,1-9H3;7-10H,1-6H3;7H2,1-6H3. The van der Waals surface area contributed by atoms with E-state index in [1.54, 1.807) is 0 Å². The second-order valence-corrected chi connectivity index (χ2v) is 28.5. The highest BCUT2D eigenvalue weighted by Crippen LogP contribution is 2.36. The van der Waals surface area contributed by atoms with Gasteiger partial charge in [0.1, 0.15) is 0 Å². The van der Waals surface area contributed by atoms with Crippen molar-refractivity contribution in [2.75, 3.05) is 0 Å². The highest BCUT2D eigenvalue weighted by molar-refractivity contribution is 5.41. The Hall–Kier alpha value is -2.34. The van der Waals surface area contributed by atoms with Crippen LogP contribution in [0, 0.1) is 10.8 Å². The molecule has 0 radical (unpaired) electrons. The maximum absolute atomic E-state index is 2.38. The number of benzene rings is 3. The molecule has 0 aromatic heterocycles. The Kier molecular flexibility index (Phi) is 18.6. The van der Waals surface area contributed by atoms with Gasteiger partial charge >= 0.3 is 0 Å². The molecule has 0 atom stereocenters. The Morgan fingerprint density at radius 3 is 0.390 bits per heavy atom. The summed E-state index contributed by atoms with van der Waals surface area (Å²) in [4.78, 5) is 0. The van der Waals surface area contributed by atoms with Gasteiger partial charge < -0.3 is 0 Å². The molecule has 0 N–H and O–H groups in total. The van der Waals surface area contributed by atoms with Crippen LogP contribution < -0.4 is 0 Å². The van der Waals surface area contributed by atoms with Gasteiger partial charge in [-0.3, -0.25) is 0 Å². The molecule has 0 saturated carbocycles. The van der Waals surface area contributed by atoms with Crippen molar-refractivity contribution >= 4 is 0 Å². The first-order chi connectivity index (χ1) is 25.5. The van der Waals surface area contributed by atoms with Crippen LogP contribution in [0.5, 0.6) is 0 Å². The molecular formula is C59H102. The summed E-state index contributed by atoms with van der Waals surface area (Å²) in [6.07, 6.45) is 1.29. The SMILES string of the molecule is CC(C)(C)CC(C)(C)C.CC(C)(C)c1cc(C(C)(C)C)cc(C(C)(C)C)c1.CC(C)(C)c1cc(C(C)(C)C)cc(C(C)(C)C)c1.CC(C)(C)c1ccc(C(C)(C)C)cc1. The van der Waals surface area contributed by atoms with Gasteiger partial charge in [-0.25, -0.2) is 0 Å². The lowest BCUT2D eigenvalue weighted by Gasteiger charge is -2.29. The van der Waals surface area contributed by atoms with Crippen LogP contribution in [0.25, 0.3) is 0 Å². The Bertz CT molecular complexity index is 1410. The van der Waals surface area contributed by atoms with Crippen LogP contribution in [0.1, 0.15) is 259 Å². The molecule has 0 nitrogen and oxygen atoms in total. The van der Waals surface area contributed by atoms with Gasteiger partial charge in [-0.15, -0.1) is 0 Å². The van der Waals surface area contributed by atoms with E-state index >= 15 is 0 Å². The third kappa shape index (κ3) is 21.8.